The van der Waals surface area contributed by atoms with E-state index >= 15 is 0 Å². The van der Waals surface area contributed by atoms with Gasteiger partial charge in [-0.1, -0.05) is 20.8 Å². The van der Waals surface area contributed by atoms with Crippen LogP contribution in [0.5, 0.6) is 0 Å². The van der Waals surface area contributed by atoms with Crippen molar-refractivity contribution in [2.45, 2.75) is 58.4 Å². The normalized spacial score (nSPS) is 16.4. The molecule has 1 saturated heterocycles. The molecular weight excluding hydrogens is 288 g/mol. The Balaban J connectivity index is 1.84. The molecule has 3 heterocycles. The number of rotatable bonds is 4. The second-order valence-corrected chi connectivity index (χ2v) is 6.70. The van der Waals surface area contributed by atoms with Crippen LogP contribution in [0.4, 0.5) is 0 Å². The fourth-order valence-corrected chi connectivity index (χ4v) is 3.46. The predicted molar refractivity (Wildman–Crippen MR) is 91.4 cm³/mol. The number of hydrogen-bond acceptors (Lipinski definition) is 3. The molecule has 5 heteroatoms. The van der Waals surface area contributed by atoms with E-state index in [-0.39, 0.29) is 0 Å². The van der Waals surface area contributed by atoms with Crippen molar-refractivity contribution in [1.82, 2.24) is 19.4 Å². The van der Waals surface area contributed by atoms with Gasteiger partial charge >= 0.3 is 0 Å². The first-order valence-corrected chi connectivity index (χ1v) is 8.72. The van der Waals surface area contributed by atoms with Gasteiger partial charge in [-0.2, -0.15) is 0 Å². The first kappa shape index (κ1) is 16.0. The maximum atomic E-state index is 12.1. The monoisotopic (exact) mass is 314 g/mol. The maximum absolute atomic E-state index is 12.1. The first-order chi connectivity index (χ1) is 11.1. The molecule has 2 aromatic heterocycles. The highest BCUT2D eigenvalue weighted by Gasteiger charge is 2.27. The van der Waals surface area contributed by atoms with E-state index in [4.69, 9.17) is 4.98 Å². The van der Waals surface area contributed by atoms with E-state index in [1.807, 2.05) is 23.2 Å². The van der Waals surface area contributed by atoms with Crippen LogP contribution < -0.4 is 0 Å². The number of amides is 1. The molecule has 23 heavy (non-hydrogen) atoms. The third-order valence-corrected chi connectivity index (χ3v) is 4.64. The van der Waals surface area contributed by atoms with E-state index in [2.05, 4.69) is 30.3 Å². The summed E-state index contributed by atoms with van der Waals surface area (Å²) in [7, 11) is 0. The van der Waals surface area contributed by atoms with Crippen molar-refractivity contribution in [3.8, 4) is 0 Å². The van der Waals surface area contributed by atoms with Crippen molar-refractivity contribution >= 4 is 17.1 Å². The molecule has 3 rings (SSSR count). The van der Waals surface area contributed by atoms with E-state index in [1.54, 1.807) is 0 Å². The van der Waals surface area contributed by atoms with E-state index in [0.29, 0.717) is 24.3 Å². The molecule has 1 fully saturated rings. The fraction of sp³-hybridized carbons (Fsp3) is 0.611. The Morgan fingerprint density at radius 1 is 1.35 bits per heavy atom. The van der Waals surface area contributed by atoms with Crippen LogP contribution in [-0.4, -0.2) is 38.4 Å². The topological polar surface area (TPSA) is 51.0 Å². The van der Waals surface area contributed by atoms with Gasteiger partial charge in [0.15, 0.2) is 5.65 Å². The van der Waals surface area contributed by atoms with Crippen LogP contribution in [0, 0.1) is 0 Å². The number of aromatic nitrogens is 3. The van der Waals surface area contributed by atoms with Crippen LogP contribution in [0.3, 0.4) is 0 Å². The summed E-state index contributed by atoms with van der Waals surface area (Å²) in [4.78, 5) is 23.4. The Bertz CT molecular complexity index is 683. The molecule has 1 aliphatic rings. The van der Waals surface area contributed by atoms with Gasteiger partial charge in [-0.15, -0.1) is 0 Å². The van der Waals surface area contributed by atoms with Gasteiger partial charge < -0.3 is 9.47 Å². The molecule has 0 radical (unpaired) electrons. The molecule has 0 N–H and O–H groups in total. The molecule has 1 amide bonds. The number of pyridine rings is 1. The highest BCUT2D eigenvalue weighted by atomic mass is 16.2. The molecule has 0 aromatic carbocycles. The van der Waals surface area contributed by atoms with Gasteiger partial charge in [0.25, 0.3) is 0 Å². The van der Waals surface area contributed by atoms with Gasteiger partial charge in [-0.25, -0.2) is 9.97 Å². The number of carbonyl (C=O) groups excluding carboxylic acids is 1. The van der Waals surface area contributed by atoms with Gasteiger partial charge in [0.1, 0.15) is 11.3 Å². The van der Waals surface area contributed by atoms with Gasteiger partial charge in [-0.05, 0) is 31.4 Å². The standard InChI is InChI=1S/C18H26N4O/c1-4-6-16(23)21-11-8-14(9-12-21)22-17(13(2)3)20-15-7-5-10-19-18(15)22/h5,7,10,13-14H,4,6,8-9,11-12H2,1-3H3. The van der Waals surface area contributed by atoms with Crippen molar-refractivity contribution in [3.05, 3.63) is 24.2 Å². The highest BCUT2D eigenvalue weighted by Crippen LogP contribution is 2.30. The molecule has 5 nitrogen and oxygen atoms in total. The SMILES string of the molecule is CCCC(=O)N1CCC(n2c(C(C)C)nc3cccnc32)CC1. The number of nitrogens with zero attached hydrogens (tertiary/aromatic N) is 4. The Kier molecular flexibility index (Phi) is 4.64. The van der Waals surface area contributed by atoms with Crippen LogP contribution >= 0.6 is 0 Å². The van der Waals surface area contributed by atoms with E-state index < -0.39 is 0 Å². The number of piperidine rings is 1. The fourth-order valence-electron chi connectivity index (χ4n) is 3.46. The molecular formula is C18H26N4O. The predicted octanol–water partition coefficient (Wildman–Crippen LogP) is 3.52. The average molecular weight is 314 g/mol. The van der Waals surface area contributed by atoms with Crippen molar-refractivity contribution in [1.29, 1.82) is 0 Å². The number of imidazole rings is 1. The zero-order valence-electron chi connectivity index (χ0n) is 14.3. The molecule has 0 saturated carbocycles. The number of hydrogen-bond donors (Lipinski definition) is 0. The lowest BCUT2D eigenvalue weighted by atomic mass is 10.0. The number of carbonyl (C=O) groups is 1. The summed E-state index contributed by atoms with van der Waals surface area (Å²) < 4.78 is 2.32. The van der Waals surface area contributed by atoms with Crippen LogP contribution in [0.25, 0.3) is 11.2 Å². The lowest BCUT2D eigenvalue weighted by molar-refractivity contribution is -0.132. The Morgan fingerprint density at radius 3 is 2.74 bits per heavy atom. The molecule has 0 aliphatic carbocycles. The minimum atomic E-state index is 0.295. The Labute approximate surface area is 137 Å². The summed E-state index contributed by atoms with van der Waals surface area (Å²) in [6.45, 7) is 8.10. The molecule has 0 spiro atoms. The lowest BCUT2D eigenvalue weighted by Gasteiger charge is -2.33. The third-order valence-electron chi connectivity index (χ3n) is 4.64. The molecule has 2 aromatic rings. The van der Waals surface area contributed by atoms with Gasteiger partial charge in [0.05, 0.1) is 0 Å². The number of likely N-dealkylation sites (tertiary alicyclic amines) is 1. The van der Waals surface area contributed by atoms with E-state index in [9.17, 15) is 4.79 Å². The maximum Gasteiger partial charge on any atom is 0.222 e. The Hall–Kier alpha value is -1.91. The second-order valence-electron chi connectivity index (χ2n) is 6.70. The second kappa shape index (κ2) is 6.69. The van der Waals surface area contributed by atoms with Gasteiger partial charge in [0, 0.05) is 37.7 Å². The molecule has 1 aliphatic heterocycles. The Morgan fingerprint density at radius 2 is 2.09 bits per heavy atom. The zero-order chi connectivity index (χ0) is 16.4. The van der Waals surface area contributed by atoms with Crippen LogP contribution in [0.15, 0.2) is 18.3 Å². The summed E-state index contributed by atoms with van der Waals surface area (Å²) in [5, 5.41) is 0. The zero-order valence-corrected chi connectivity index (χ0v) is 14.3. The van der Waals surface area contributed by atoms with Crippen molar-refractivity contribution in [2.24, 2.45) is 0 Å². The van der Waals surface area contributed by atoms with Crippen LogP contribution in [0.1, 0.15) is 64.2 Å². The summed E-state index contributed by atoms with van der Waals surface area (Å²) in [6.07, 6.45) is 5.39. The van der Waals surface area contributed by atoms with E-state index in [1.165, 1.54) is 0 Å². The molecule has 124 valence electrons. The minimum absolute atomic E-state index is 0.295. The number of fused-ring (bicyclic) bond motifs is 1. The van der Waals surface area contributed by atoms with Gasteiger partial charge in [-0.3, -0.25) is 4.79 Å². The van der Waals surface area contributed by atoms with Crippen molar-refractivity contribution in [2.75, 3.05) is 13.1 Å². The first-order valence-electron chi connectivity index (χ1n) is 8.72. The molecule has 0 bridgehead atoms. The van der Waals surface area contributed by atoms with Crippen molar-refractivity contribution in [3.63, 3.8) is 0 Å². The summed E-state index contributed by atoms with van der Waals surface area (Å²) in [6, 6.07) is 4.36. The molecule has 0 atom stereocenters. The summed E-state index contributed by atoms with van der Waals surface area (Å²) >= 11 is 0. The third kappa shape index (κ3) is 3.09. The lowest BCUT2D eigenvalue weighted by Crippen LogP contribution is -2.39. The van der Waals surface area contributed by atoms with Crippen LogP contribution in [-0.2, 0) is 4.79 Å². The molecule has 0 unspecified atom stereocenters. The van der Waals surface area contributed by atoms with Crippen molar-refractivity contribution < 1.29 is 4.79 Å². The van der Waals surface area contributed by atoms with Crippen LogP contribution in [0.2, 0.25) is 0 Å². The highest BCUT2D eigenvalue weighted by molar-refractivity contribution is 5.76. The summed E-state index contributed by atoms with van der Waals surface area (Å²) in [5.41, 5.74) is 1.95. The largest absolute Gasteiger partial charge is 0.343 e. The van der Waals surface area contributed by atoms with E-state index in [0.717, 1.165) is 49.3 Å². The quantitative estimate of drug-likeness (QED) is 0.867. The minimum Gasteiger partial charge on any atom is -0.343 e. The smallest absolute Gasteiger partial charge is 0.222 e. The van der Waals surface area contributed by atoms with Gasteiger partial charge in [0.2, 0.25) is 5.91 Å². The average Bonchev–Trinajstić information content (AvgIpc) is 2.95. The summed E-state index contributed by atoms with van der Waals surface area (Å²) in [5.74, 6) is 1.77.